The van der Waals surface area contributed by atoms with Crippen molar-refractivity contribution in [1.29, 1.82) is 0 Å². The second-order valence-corrected chi connectivity index (χ2v) is 4.93. The topological polar surface area (TPSA) is 175 Å². The number of carbonyl (C=O) groups is 1. The van der Waals surface area contributed by atoms with Crippen molar-refractivity contribution >= 4 is 17.1 Å². The number of aryl methyl sites for hydroxylation is 1. The molecule has 6 N–H and O–H groups in total. The maximum Gasteiger partial charge on any atom is 0.337 e. The molecular weight excluding hydrogens is 342 g/mol. The molecule has 3 heterocycles. The Hall–Kier alpha value is -3.31. The van der Waals surface area contributed by atoms with Crippen molar-refractivity contribution in [2.75, 3.05) is 13.1 Å². The number of nitrogens with one attached hydrogen (secondary N) is 1. The minimum Gasteiger partial charge on any atom is -0.478 e. The fourth-order valence-corrected chi connectivity index (χ4v) is 1.76. The van der Waals surface area contributed by atoms with Crippen LogP contribution in [0.25, 0.3) is 11.2 Å². The van der Waals surface area contributed by atoms with Crippen LogP contribution in [-0.4, -0.2) is 48.3 Å². The molecule has 3 aromatic heterocycles. The summed E-state index contributed by atoms with van der Waals surface area (Å²) in [6, 6.07) is 3.08. The second-order valence-electron chi connectivity index (χ2n) is 4.93. The molecule has 0 aliphatic heterocycles. The molecule has 11 nitrogen and oxygen atoms in total. The molecule has 0 aliphatic carbocycles. The summed E-state index contributed by atoms with van der Waals surface area (Å²) in [7, 11) is 3.01. The predicted octanol–water partition coefficient (Wildman–Crippen LogP) is -1.36. The highest BCUT2D eigenvalue weighted by molar-refractivity contribution is 5.86. The number of aromatic carboxylic acids is 1. The third kappa shape index (κ3) is 5.09. The normalized spacial score (nSPS) is 9.69. The Balaban J connectivity index is 0.000000227. The Morgan fingerprint density at radius 1 is 1.23 bits per heavy atom. The number of hydrogen-bond acceptors (Lipinski definition) is 7. The van der Waals surface area contributed by atoms with E-state index in [1.807, 2.05) is 0 Å². The molecule has 0 atom stereocenters. The van der Waals surface area contributed by atoms with Gasteiger partial charge in [0.05, 0.1) is 11.9 Å². The lowest BCUT2D eigenvalue weighted by Crippen LogP contribution is -2.36. The summed E-state index contributed by atoms with van der Waals surface area (Å²) in [6.07, 6.45) is 4.24. The maximum absolute atomic E-state index is 11.4. The van der Waals surface area contributed by atoms with Gasteiger partial charge in [0.1, 0.15) is 5.52 Å². The van der Waals surface area contributed by atoms with Gasteiger partial charge in [0, 0.05) is 39.6 Å². The lowest BCUT2D eigenvalue weighted by Gasteiger charge is -2.00. The van der Waals surface area contributed by atoms with Crippen LogP contribution in [0.15, 0.2) is 40.4 Å². The van der Waals surface area contributed by atoms with E-state index in [1.54, 1.807) is 13.1 Å². The van der Waals surface area contributed by atoms with Crippen LogP contribution in [0.1, 0.15) is 10.4 Å². The number of rotatable bonds is 2. The Morgan fingerprint density at radius 3 is 2.35 bits per heavy atom. The van der Waals surface area contributed by atoms with Gasteiger partial charge in [-0.25, -0.2) is 14.6 Å². The summed E-state index contributed by atoms with van der Waals surface area (Å²) in [5.74, 6) is -0.942. The second kappa shape index (κ2) is 9.86. The minimum atomic E-state index is -0.942. The number of nitrogens with two attached hydrogens (primary N) is 2. The predicted molar refractivity (Wildman–Crippen MR) is 95.9 cm³/mol. The lowest BCUT2D eigenvalue weighted by molar-refractivity contribution is 0.0696. The lowest BCUT2D eigenvalue weighted by atomic mass is 10.3. The quantitative estimate of drug-likeness (QED) is 0.432. The average molecular weight is 363 g/mol. The standard InChI is InChI=1S/C7H8N4O2.C6H5NO2.C2H8N2/c1-10-5-4(8-3-9-5)6(12)11(2)7(10)13;8-6(9)5-2-1-3-7-4-5;3-1-2-4/h3H,1-2H3,(H,8,9);1-4H,(H,8,9);1-4H2. The largest absolute Gasteiger partial charge is 0.478 e. The molecule has 0 saturated carbocycles. The molecule has 140 valence electrons. The number of imidazole rings is 1. The number of fused-ring (bicyclic) bond motifs is 1. The number of aromatic nitrogens is 5. The summed E-state index contributed by atoms with van der Waals surface area (Å²) >= 11 is 0. The molecule has 0 aromatic carbocycles. The van der Waals surface area contributed by atoms with Crippen molar-refractivity contribution < 1.29 is 9.90 Å². The first-order chi connectivity index (χ1) is 12.3. The highest BCUT2D eigenvalue weighted by Gasteiger charge is 2.08. The van der Waals surface area contributed by atoms with Gasteiger partial charge in [-0.3, -0.25) is 18.9 Å². The van der Waals surface area contributed by atoms with Crippen LogP contribution in [0, 0.1) is 0 Å². The molecule has 11 heteroatoms. The van der Waals surface area contributed by atoms with E-state index in [-0.39, 0.29) is 16.8 Å². The van der Waals surface area contributed by atoms with Crippen molar-refractivity contribution in [1.82, 2.24) is 24.1 Å². The molecule has 3 aromatic rings. The van der Waals surface area contributed by atoms with Crippen LogP contribution in [-0.2, 0) is 14.1 Å². The summed E-state index contributed by atoms with van der Waals surface area (Å²) in [4.78, 5) is 43.2. The summed E-state index contributed by atoms with van der Waals surface area (Å²) in [5, 5.41) is 8.34. The van der Waals surface area contributed by atoms with E-state index in [0.717, 1.165) is 4.57 Å². The molecule has 0 amide bonds. The first-order valence-electron chi connectivity index (χ1n) is 7.47. The summed E-state index contributed by atoms with van der Waals surface area (Å²) < 4.78 is 2.37. The van der Waals surface area contributed by atoms with Crippen molar-refractivity contribution in [2.45, 2.75) is 0 Å². The third-order valence-corrected chi connectivity index (χ3v) is 3.10. The molecule has 0 saturated heterocycles. The van der Waals surface area contributed by atoms with Gasteiger partial charge in [-0.15, -0.1) is 0 Å². The van der Waals surface area contributed by atoms with Crippen LogP contribution in [0.2, 0.25) is 0 Å². The zero-order chi connectivity index (χ0) is 19.7. The Kier molecular flexibility index (Phi) is 7.86. The van der Waals surface area contributed by atoms with Crippen LogP contribution in [0.5, 0.6) is 0 Å². The fraction of sp³-hybridized carbons (Fsp3) is 0.267. The highest BCUT2D eigenvalue weighted by Crippen LogP contribution is 1.97. The van der Waals surface area contributed by atoms with Gasteiger partial charge >= 0.3 is 11.7 Å². The molecule has 3 rings (SSSR count). The highest BCUT2D eigenvalue weighted by atomic mass is 16.4. The zero-order valence-corrected chi connectivity index (χ0v) is 14.4. The molecule has 26 heavy (non-hydrogen) atoms. The fourth-order valence-electron chi connectivity index (χ4n) is 1.76. The van der Waals surface area contributed by atoms with Crippen molar-refractivity contribution in [3.63, 3.8) is 0 Å². The number of aromatic amines is 1. The Labute approximate surface area is 147 Å². The van der Waals surface area contributed by atoms with Gasteiger partial charge in [-0.05, 0) is 12.1 Å². The SMILES string of the molecule is Cn1c(=O)c2[nH]cnc2n(C)c1=O.NCCN.O=C(O)c1cccnc1. The Bertz CT molecular complexity index is 958. The van der Waals surface area contributed by atoms with E-state index >= 15 is 0 Å². The molecule has 0 fully saturated rings. The molecular formula is C15H21N7O4. The van der Waals surface area contributed by atoms with Gasteiger partial charge in [0.2, 0.25) is 0 Å². The average Bonchev–Trinajstić information content (AvgIpc) is 3.16. The zero-order valence-electron chi connectivity index (χ0n) is 14.4. The maximum atomic E-state index is 11.4. The van der Waals surface area contributed by atoms with E-state index in [0.29, 0.717) is 24.3 Å². The smallest absolute Gasteiger partial charge is 0.337 e. The van der Waals surface area contributed by atoms with E-state index < -0.39 is 5.97 Å². The van der Waals surface area contributed by atoms with E-state index in [1.165, 1.54) is 36.4 Å². The monoisotopic (exact) mass is 363 g/mol. The summed E-state index contributed by atoms with van der Waals surface area (Å²) in [6.45, 7) is 1.19. The third-order valence-electron chi connectivity index (χ3n) is 3.10. The van der Waals surface area contributed by atoms with E-state index in [2.05, 4.69) is 15.0 Å². The molecule has 0 radical (unpaired) electrons. The van der Waals surface area contributed by atoms with Crippen LogP contribution < -0.4 is 22.7 Å². The number of carboxylic acids is 1. The number of hydrogen-bond donors (Lipinski definition) is 4. The number of nitrogens with zero attached hydrogens (tertiary/aromatic N) is 4. The van der Waals surface area contributed by atoms with Gasteiger partial charge in [-0.1, -0.05) is 0 Å². The van der Waals surface area contributed by atoms with E-state index in [4.69, 9.17) is 16.6 Å². The van der Waals surface area contributed by atoms with Crippen molar-refractivity contribution in [3.8, 4) is 0 Å². The van der Waals surface area contributed by atoms with Crippen LogP contribution in [0.3, 0.4) is 0 Å². The molecule has 0 aliphatic rings. The van der Waals surface area contributed by atoms with Gasteiger partial charge in [0.25, 0.3) is 5.56 Å². The molecule has 0 spiro atoms. The minimum absolute atomic E-state index is 0.220. The van der Waals surface area contributed by atoms with E-state index in [9.17, 15) is 14.4 Å². The number of H-pyrrole nitrogens is 1. The first-order valence-corrected chi connectivity index (χ1v) is 7.47. The molecule has 0 unspecified atom stereocenters. The van der Waals surface area contributed by atoms with Crippen LogP contribution >= 0.6 is 0 Å². The van der Waals surface area contributed by atoms with Crippen molar-refractivity contribution in [2.24, 2.45) is 25.6 Å². The van der Waals surface area contributed by atoms with Crippen molar-refractivity contribution in [3.05, 3.63) is 57.3 Å². The Morgan fingerprint density at radius 2 is 1.88 bits per heavy atom. The van der Waals surface area contributed by atoms with Crippen LogP contribution in [0.4, 0.5) is 0 Å². The van der Waals surface area contributed by atoms with Gasteiger partial charge < -0.3 is 21.6 Å². The van der Waals surface area contributed by atoms with Gasteiger partial charge in [0.15, 0.2) is 5.65 Å². The summed E-state index contributed by atoms with van der Waals surface area (Å²) in [5.41, 5.74) is 10.0. The molecule has 0 bridgehead atoms. The van der Waals surface area contributed by atoms with Gasteiger partial charge in [-0.2, -0.15) is 0 Å². The number of pyridine rings is 1. The number of carboxylic acid groups (broad SMARTS) is 1. The first kappa shape index (κ1) is 20.7.